The average Bonchev–Trinajstić information content (AvgIpc) is 2.43. The molecule has 0 aromatic heterocycles. The van der Waals surface area contributed by atoms with Crippen LogP contribution in [-0.2, 0) is 6.54 Å². The lowest BCUT2D eigenvalue weighted by atomic mass is 10.1. The van der Waals surface area contributed by atoms with Crippen LogP contribution in [0.2, 0.25) is 0 Å². The molecule has 110 valence electrons. The van der Waals surface area contributed by atoms with E-state index in [2.05, 4.69) is 26.1 Å². The Labute approximate surface area is 134 Å². The van der Waals surface area contributed by atoms with Crippen LogP contribution in [0.1, 0.15) is 21.5 Å². The molecule has 0 radical (unpaired) electrons. The highest BCUT2D eigenvalue weighted by Crippen LogP contribution is 2.18. The number of amides is 1. The molecule has 0 saturated heterocycles. The number of carbonyl (C=O) groups excluding carboxylic acids is 1. The summed E-state index contributed by atoms with van der Waals surface area (Å²) in [6.45, 7) is 2.82. The summed E-state index contributed by atoms with van der Waals surface area (Å²) >= 11 is 3.40. The molecule has 4 heteroatoms. The maximum Gasteiger partial charge on any atom is 0.255 e. The minimum Gasteiger partial charge on any atom is -0.322 e. The third kappa shape index (κ3) is 4.41. The molecule has 0 bridgehead atoms. The summed E-state index contributed by atoms with van der Waals surface area (Å²) in [5.41, 5.74) is 3.67. The third-order valence-electron chi connectivity index (χ3n) is 3.15. The Morgan fingerprint density at radius 2 is 1.81 bits per heavy atom. The van der Waals surface area contributed by atoms with Gasteiger partial charge in [0.1, 0.15) is 0 Å². The minimum atomic E-state index is -0.0887. The van der Waals surface area contributed by atoms with Gasteiger partial charge in [-0.15, -0.1) is 0 Å². The van der Waals surface area contributed by atoms with Crippen LogP contribution in [0.3, 0.4) is 0 Å². The number of hydrogen-bond acceptors (Lipinski definition) is 2. The van der Waals surface area contributed by atoms with Crippen LogP contribution in [-0.4, -0.2) is 24.9 Å². The maximum absolute atomic E-state index is 12.3. The number of aryl methyl sites for hydroxylation is 1. The second-order valence-electron chi connectivity index (χ2n) is 5.35. The van der Waals surface area contributed by atoms with Gasteiger partial charge in [0, 0.05) is 22.3 Å². The highest BCUT2D eigenvalue weighted by molar-refractivity contribution is 9.10. The summed E-state index contributed by atoms with van der Waals surface area (Å²) in [7, 11) is 4.07. The third-order valence-corrected chi connectivity index (χ3v) is 3.65. The molecule has 0 atom stereocenters. The van der Waals surface area contributed by atoms with E-state index < -0.39 is 0 Å². The minimum absolute atomic E-state index is 0.0887. The van der Waals surface area contributed by atoms with Crippen molar-refractivity contribution in [2.45, 2.75) is 13.5 Å². The Kier molecular flexibility index (Phi) is 5.15. The standard InChI is InChI=1S/C17H19BrN2O/c1-12-4-7-14(18)10-16(12)17(21)19-15-8-5-13(6-9-15)11-20(2)3/h4-10H,11H2,1-3H3,(H,19,21). The van der Waals surface area contributed by atoms with Crippen molar-refractivity contribution in [3.63, 3.8) is 0 Å². The molecule has 0 unspecified atom stereocenters. The van der Waals surface area contributed by atoms with Gasteiger partial charge in [-0.3, -0.25) is 4.79 Å². The number of carbonyl (C=O) groups is 1. The molecule has 0 fully saturated rings. The van der Waals surface area contributed by atoms with Crippen LogP contribution < -0.4 is 5.32 Å². The van der Waals surface area contributed by atoms with E-state index >= 15 is 0 Å². The Bertz CT molecular complexity index is 636. The molecular weight excluding hydrogens is 328 g/mol. The first-order valence-electron chi connectivity index (χ1n) is 6.77. The van der Waals surface area contributed by atoms with Crippen molar-refractivity contribution in [3.8, 4) is 0 Å². The number of rotatable bonds is 4. The van der Waals surface area contributed by atoms with Crippen LogP contribution in [0.4, 0.5) is 5.69 Å². The summed E-state index contributed by atoms with van der Waals surface area (Å²) in [6.07, 6.45) is 0. The Balaban J connectivity index is 2.10. The van der Waals surface area contributed by atoms with Crippen molar-refractivity contribution >= 4 is 27.5 Å². The quantitative estimate of drug-likeness (QED) is 0.904. The van der Waals surface area contributed by atoms with Gasteiger partial charge in [0.15, 0.2) is 0 Å². The normalized spacial score (nSPS) is 10.7. The van der Waals surface area contributed by atoms with Crippen molar-refractivity contribution in [3.05, 3.63) is 63.6 Å². The molecular formula is C17H19BrN2O. The van der Waals surface area contributed by atoms with Crippen molar-refractivity contribution < 1.29 is 4.79 Å². The maximum atomic E-state index is 12.3. The fourth-order valence-corrected chi connectivity index (χ4v) is 2.46. The molecule has 0 spiro atoms. The number of hydrogen-bond donors (Lipinski definition) is 1. The van der Waals surface area contributed by atoms with Crippen LogP contribution in [0.15, 0.2) is 46.9 Å². The van der Waals surface area contributed by atoms with Gasteiger partial charge >= 0.3 is 0 Å². The summed E-state index contributed by atoms with van der Waals surface area (Å²) < 4.78 is 0.902. The Hall–Kier alpha value is -1.65. The van der Waals surface area contributed by atoms with Crippen LogP contribution >= 0.6 is 15.9 Å². The summed E-state index contributed by atoms with van der Waals surface area (Å²) in [5, 5.41) is 2.93. The summed E-state index contributed by atoms with van der Waals surface area (Å²) in [6, 6.07) is 13.6. The zero-order valence-electron chi connectivity index (χ0n) is 12.5. The Morgan fingerprint density at radius 3 is 2.43 bits per heavy atom. The molecule has 2 aromatic rings. The van der Waals surface area contributed by atoms with Crippen LogP contribution in [0.25, 0.3) is 0 Å². The second-order valence-corrected chi connectivity index (χ2v) is 6.26. The zero-order valence-corrected chi connectivity index (χ0v) is 14.1. The first-order valence-corrected chi connectivity index (χ1v) is 7.56. The molecule has 2 aromatic carbocycles. The van der Waals surface area contributed by atoms with E-state index in [-0.39, 0.29) is 5.91 Å². The van der Waals surface area contributed by atoms with Gasteiger partial charge in [-0.05, 0) is 56.4 Å². The van der Waals surface area contributed by atoms with Gasteiger partial charge in [-0.25, -0.2) is 0 Å². The molecule has 1 amide bonds. The molecule has 21 heavy (non-hydrogen) atoms. The molecule has 0 aliphatic rings. The van der Waals surface area contributed by atoms with E-state index in [9.17, 15) is 4.79 Å². The first-order chi connectivity index (χ1) is 9.95. The lowest BCUT2D eigenvalue weighted by Crippen LogP contribution is -2.14. The smallest absolute Gasteiger partial charge is 0.255 e. The fraction of sp³-hybridized carbons (Fsp3) is 0.235. The van der Waals surface area contributed by atoms with Crippen molar-refractivity contribution in [1.29, 1.82) is 0 Å². The lowest BCUT2D eigenvalue weighted by molar-refractivity contribution is 0.102. The monoisotopic (exact) mass is 346 g/mol. The van der Waals surface area contributed by atoms with Crippen molar-refractivity contribution in [2.24, 2.45) is 0 Å². The molecule has 0 heterocycles. The highest BCUT2D eigenvalue weighted by Gasteiger charge is 2.09. The van der Waals surface area contributed by atoms with Gasteiger partial charge in [-0.1, -0.05) is 34.1 Å². The van der Waals surface area contributed by atoms with Crippen molar-refractivity contribution in [2.75, 3.05) is 19.4 Å². The fourth-order valence-electron chi connectivity index (χ4n) is 2.10. The summed E-state index contributed by atoms with van der Waals surface area (Å²) in [5.74, 6) is -0.0887. The number of nitrogens with one attached hydrogen (secondary N) is 1. The largest absolute Gasteiger partial charge is 0.322 e. The topological polar surface area (TPSA) is 32.3 Å². The van der Waals surface area contributed by atoms with E-state index in [0.717, 1.165) is 22.3 Å². The Morgan fingerprint density at radius 1 is 1.14 bits per heavy atom. The van der Waals surface area contributed by atoms with E-state index in [1.165, 1.54) is 5.56 Å². The number of halogens is 1. The van der Waals surface area contributed by atoms with Gasteiger partial charge < -0.3 is 10.2 Å². The van der Waals surface area contributed by atoms with Gasteiger partial charge in [0.25, 0.3) is 5.91 Å². The predicted octanol–water partition coefficient (Wildman–Crippen LogP) is 4.07. The molecule has 0 aliphatic carbocycles. The molecule has 3 nitrogen and oxygen atoms in total. The molecule has 0 aliphatic heterocycles. The SMILES string of the molecule is Cc1ccc(Br)cc1C(=O)Nc1ccc(CN(C)C)cc1. The van der Waals surface area contributed by atoms with E-state index in [1.807, 2.05) is 63.5 Å². The van der Waals surface area contributed by atoms with E-state index in [0.29, 0.717) is 5.56 Å². The predicted molar refractivity (Wildman–Crippen MR) is 90.7 cm³/mol. The number of benzene rings is 2. The first kappa shape index (κ1) is 15.7. The lowest BCUT2D eigenvalue weighted by Gasteiger charge is -2.11. The molecule has 0 saturated carbocycles. The van der Waals surface area contributed by atoms with E-state index in [4.69, 9.17) is 0 Å². The molecule has 2 rings (SSSR count). The van der Waals surface area contributed by atoms with Crippen LogP contribution in [0, 0.1) is 6.92 Å². The van der Waals surface area contributed by atoms with Gasteiger partial charge in [-0.2, -0.15) is 0 Å². The summed E-state index contributed by atoms with van der Waals surface area (Å²) in [4.78, 5) is 14.4. The van der Waals surface area contributed by atoms with Crippen LogP contribution in [0.5, 0.6) is 0 Å². The number of anilines is 1. The second kappa shape index (κ2) is 6.87. The zero-order chi connectivity index (χ0) is 15.4. The van der Waals surface area contributed by atoms with Crippen molar-refractivity contribution in [1.82, 2.24) is 4.90 Å². The average molecular weight is 347 g/mol. The molecule has 1 N–H and O–H groups in total. The van der Waals surface area contributed by atoms with Gasteiger partial charge in [0.05, 0.1) is 0 Å². The highest BCUT2D eigenvalue weighted by atomic mass is 79.9. The number of nitrogens with zero attached hydrogens (tertiary/aromatic N) is 1. The van der Waals surface area contributed by atoms with Gasteiger partial charge in [0.2, 0.25) is 0 Å². The van der Waals surface area contributed by atoms with E-state index in [1.54, 1.807) is 0 Å².